The Morgan fingerprint density at radius 1 is 0.607 bits per heavy atom. The molecule has 0 saturated carbocycles. The van der Waals surface area contributed by atoms with Crippen molar-refractivity contribution >= 4 is 33.6 Å². The lowest BCUT2D eigenvalue weighted by atomic mass is 9.79. The summed E-state index contributed by atoms with van der Waals surface area (Å²) in [4.78, 5) is 20.0. The van der Waals surface area contributed by atoms with Crippen molar-refractivity contribution < 1.29 is 0 Å². The van der Waals surface area contributed by atoms with Crippen LogP contribution in [0, 0.1) is 0 Å². The van der Waals surface area contributed by atoms with E-state index in [9.17, 15) is 0 Å². The molecule has 0 bridgehead atoms. The molecule has 0 amide bonds. The molecule has 0 N–H and O–H groups in total. The number of nitrogens with zero attached hydrogens (tertiary/aromatic N) is 4. The molecule has 268 valence electrons. The lowest BCUT2D eigenvalue weighted by Gasteiger charge is -2.26. The molecule has 56 heavy (non-hydrogen) atoms. The molecule has 0 spiro atoms. The van der Waals surface area contributed by atoms with Crippen LogP contribution < -0.4 is 0 Å². The van der Waals surface area contributed by atoms with Crippen molar-refractivity contribution in [1.29, 1.82) is 0 Å². The topological polar surface area (TPSA) is 51.6 Å². The van der Waals surface area contributed by atoms with Gasteiger partial charge in [-0.1, -0.05) is 134 Å². The fourth-order valence-corrected chi connectivity index (χ4v) is 8.51. The molecule has 3 aliphatic rings. The molecule has 0 radical (unpaired) electrons. The van der Waals surface area contributed by atoms with Gasteiger partial charge in [0.2, 0.25) is 0 Å². The van der Waals surface area contributed by atoms with Crippen LogP contribution in [0.15, 0.2) is 176 Å². The summed E-state index contributed by atoms with van der Waals surface area (Å²) < 4.78 is 0. The van der Waals surface area contributed by atoms with Gasteiger partial charge in [-0.3, -0.25) is 9.97 Å². The Labute approximate surface area is 328 Å². The SMILES string of the molecule is C1=Cc2cccc(C3=CC(c4cccc5ccccc45)CC(c4nc(C5=CCC(c6ccccn6)C=C5)cc(-c5ccc(-c6ccccn6)cc5)n4)=C3)c2CC1. The first-order valence-corrected chi connectivity index (χ1v) is 19.6. The minimum absolute atomic E-state index is 0.146. The molecule has 2 atom stereocenters. The minimum Gasteiger partial charge on any atom is -0.261 e. The van der Waals surface area contributed by atoms with E-state index in [4.69, 9.17) is 9.97 Å². The largest absolute Gasteiger partial charge is 0.261 e. The maximum atomic E-state index is 5.41. The number of fused-ring (bicyclic) bond motifs is 2. The van der Waals surface area contributed by atoms with E-state index in [0.29, 0.717) is 0 Å². The number of pyridine rings is 2. The molecule has 4 nitrogen and oxygen atoms in total. The average Bonchev–Trinajstić information content (AvgIpc) is 3.29. The number of aromatic nitrogens is 4. The van der Waals surface area contributed by atoms with E-state index in [2.05, 4.69) is 156 Å². The Morgan fingerprint density at radius 2 is 1.39 bits per heavy atom. The molecule has 4 aromatic carbocycles. The number of rotatable bonds is 7. The number of hydrogen-bond donors (Lipinski definition) is 0. The second-order valence-corrected chi connectivity index (χ2v) is 14.9. The quantitative estimate of drug-likeness (QED) is 0.164. The van der Waals surface area contributed by atoms with Gasteiger partial charge in [0.05, 0.1) is 17.1 Å². The van der Waals surface area contributed by atoms with Gasteiger partial charge in [-0.2, -0.15) is 0 Å². The predicted octanol–water partition coefficient (Wildman–Crippen LogP) is 12.5. The minimum atomic E-state index is 0.146. The van der Waals surface area contributed by atoms with E-state index in [1.54, 1.807) is 0 Å². The summed E-state index contributed by atoms with van der Waals surface area (Å²) in [6.07, 6.45) is 23.7. The molecule has 7 aromatic rings. The summed E-state index contributed by atoms with van der Waals surface area (Å²) >= 11 is 0. The lowest BCUT2D eigenvalue weighted by Crippen LogP contribution is -2.10. The number of benzene rings is 4. The molecule has 4 heteroatoms. The Kier molecular flexibility index (Phi) is 8.93. The van der Waals surface area contributed by atoms with Crippen molar-refractivity contribution in [2.24, 2.45) is 0 Å². The van der Waals surface area contributed by atoms with E-state index >= 15 is 0 Å². The Bertz CT molecular complexity index is 2730. The van der Waals surface area contributed by atoms with Crippen LogP contribution in [-0.2, 0) is 6.42 Å². The Morgan fingerprint density at radius 3 is 2.21 bits per heavy atom. The second-order valence-electron chi connectivity index (χ2n) is 14.9. The van der Waals surface area contributed by atoms with Crippen molar-refractivity contribution in [2.45, 2.75) is 37.5 Å². The van der Waals surface area contributed by atoms with Crippen LogP contribution in [0.4, 0.5) is 0 Å². The van der Waals surface area contributed by atoms with Gasteiger partial charge in [-0.25, -0.2) is 9.97 Å². The van der Waals surface area contributed by atoms with Crippen LogP contribution in [0.3, 0.4) is 0 Å². The van der Waals surface area contributed by atoms with Crippen molar-refractivity contribution in [3.05, 3.63) is 216 Å². The maximum absolute atomic E-state index is 5.41. The summed E-state index contributed by atoms with van der Waals surface area (Å²) in [6, 6.07) is 45.1. The zero-order valence-corrected chi connectivity index (χ0v) is 31.1. The van der Waals surface area contributed by atoms with Crippen LogP contribution in [0.2, 0.25) is 0 Å². The van der Waals surface area contributed by atoms with Gasteiger partial charge in [0.25, 0.3) is 0 Å². The average molecular weight is 721 g/mol. The molecule has 2 unspecified atom stereocenters. The first-order chi connectivity index (χ1) is 27.7. The highest BCUT2D eigenvalue weighted by Gasteiger charge is 2.25. The van der Waals surface area contributed by atoms with Gasteiger partial charge in [0.15, 0.2) is 5.82 Å². The van der Waals surface area contributed by atoms with Crippen LogP contribution in [0.1, 0.15) is 70.6 Å². The first kappa shape index (κ1) is 33.8. The van der Waals surface area contributed by atoms with Crippen LogP contribution in [0.5, 0.6) is 0 Å². The summed E-state index contributed by atoms with van der Waals surface area (Å²) in [6.45, 7) is 0. The van der Waals surface area contributed by atoms with E-state index in [0.717, 1.165) is 76.6 Å². The van der Waals surface area contributed by atoms with E-state index < -0.39 is 0 Å². The smallest absolute Gasteiger partial charge is 0.156 e. The molecule has 10 rings (SSSR count). The van der Waals surface area contributed by atoms with Crippen LogP contribution >= 0.6 is 0 Å². The second kappa shape index (κ2) is 14.8. The monoisotopic (exact) mass is 720 g/mol. The normalized spacial score (nSPS) is 17.5. The van der Waals surface area contributed by atoms with E-state index in [1.165, 1.54) is 38.6 Å². The fourth-order valence-electron chi connectivity index (χ4n) is 8.51. The van der Waals surface area contributed by atoms with Crippen LogP contribution in [0.25, 0.3) is 56.1 Å². The van der Waals surface area contributed by atoms with Gasteiger partial charge in [-0.15, -0.1) is 0 Å². The standard InChI is InChI=1S/C52H40N4/c1-3-15-44-35(11-1)13-9-17-46(44)41-31-42(47-18-10-14-36-12-2-4-16-45(36)47)33-43(32-41)52-55-50(39-25-21-37(22-26-39)48-19-5-7-29-53-48)34-51(56-52)40-27-23-38(24-28-40)49-20-6-8-30-54-49/h1-3,5-15,17-23,25-31,33-34,38,41H,4,16,24,32H2. The highest BCUT2D eigenvalue weighted by atomic mass is 14.9. The summed E-state index contributed by atoms with van der Waals surface area (Å²) in [5, 5.41) is 2.55. The number of hydrogen-bond acceptors (Lipinski definition) is 4. The summed E-state index contributed by atoms with van der Waals surface area (Å²) in [7, 11) is 0. The molecule has 3 aliphatic carbocycles. The van der Waals surface area contributed by atoms with Crippen LogP contribution in [-0.4, -0.2) is 19.9 Å². The molecule has 0 aliphatic heterocycles. The fraction of sp³-hybridized carbons (Fsp3) is 0.115. The molecule has 0 saturated heterocycles. The van der Waals surface area contributed by atoms with Gasteiger partial charge < -0.3 is 0 Å². The molecular formula is C52H40N4. The third kappa shape index (κ3) is 6.64. The van der Waals surface area contributed by atoms with Crippen molar-refractivity contribution in [1.82, 2.24) is 19.9 Å². The zero-order valence-electron chi connectivity index (χ0n) is 31.1. The van der Waals surface area contributed by atoms with Crippen molar-refractivity contribution in [3.63, 3.8) is 0 Å². The van der Waals surface area contributed by atoms with Gasteiger partial charge in [-0.05, 0) is 112 Å². The summed E-state index contributed by atoms with van der Waals surface area (Å²) in [5.74, 6) is 1.15. The first-order valence-electron chi connectivity index (χ1n) is 19.6. The third-order valence-corrected chi connectivity index (χ3v) is 11.4. The zero-order chi connectivity index (χ0) is 37.3. The highest BCUT2D eigenvalue weighted by molar-refractivity contribution is 5.92. The van der Waals surface area contributed by atoms with Crippen molar-refractivity contribution in [2.75, 3.05) is 0 Å². The van der Waals surface area contributed by atoms with Gasteiger partial charge >= 0.3 is 0 Å². The number of allylic oxidation sites excluding steroid dienone is 9. The summed E-state index contributed by atoms with van der Waals surface area (Å²) in [5.41, 5.74) is 14.8. The molecular weight excluding hydrogens is 681 g/mol. The maximum Gasteiger partial charge on any atom is 0.156 e. The Balaban J connectivity index is 1.11. The highest BCUT2D eigenvalue weighted by Crippen LogP contribution is 2.43. The van der Waals surface area contributed by atoms with E-state index in [1.807, 2.05) is 36.7 Å². The van der Waals surface area contributed by atoms with E-state index in [-0.39, 0.29) is 11.8 Å². The molecule has 0 fully saturated rings. The third-order valence-electron chi connectivity index (χ3n) is 11.4. The van der Waals surface area contributed by atoms with Gasteiger partial charge in [0, 0.05) is 41.1 Å². The van der Waals surface area contributed by atoms with Crippen molar-refractivity contribution in [3.8, 4) is 22.5 Å². The van der Waals surface area contributed by atoms with Gasteiger partial charge in [0.1, 0.15) is 0 Å². The predicted molar refractivity (Wildman–Crippen MR) is 230 cm³/mol. The molecule has 3 aromatic heterocycles. The Hall–Kier alpha value is -6.78. The lowest BCUT2D eigenvalue weighted by molar-refractivity contribution is 0.817. The molecule has 3 heterocycles.